The highest BCUT2D eigenvalue weighted by Gasteiger charge is 2.13. The van der Waals surface area contributed by atoms with E-state index in [1.807, 2.05) is 0 Å². The van der Waals surface area contributed by atoms with Gasteiger partial charge in [0, 0.05) is 13.1 Å². The molecule has 0 bridgehead atoms. The van der Waals surface area contributed by atoms with Crippen LogP contribution in [0.2, 0.25) is 0 Å². The number of nitrogens with zero attached hydrogens (tertiary/aromatic N) is 1. The van der Waals surface area contributed by atoms with Crippen molar-refractivity contribution in [2.75, 3.05) is 40.4 Å². The first kappa shape index (κ1) is 12.9. The predicted octanol–water partition coefficient (Wildman–Crippen LogP) is -1.41. The van der Waals surface area contributed by atoms with Gasteiger partial charge in [0.2, 0.25) is 0 Å². The molecule has 0 saturated carbocycles. The zero-order valence-corrected chi connectivity index (χ0v) is 8.49. The summed E-state index contributed by atoms with van der Waals surface area (Å²) in [5, 5.41) is 0. The van der Waals surface area contributed by atoms with Gasteiger partial charge in [-0.1, -0.05) is 0 Å². The Kier molecular flexibility index (Phi) is 6.69. The third-order valence-electron chi connectivity index (χ3n) is 1.61. The molecular formula is C8H16N2O4. The summed E-state index contributed by atoms with van der Waals surface area (Å²) in [4.78, 5) is 23.4. The van der Waals surface area contributed by atoms with E-state index in [0.717, 1.165) is 0 Å². The van der Waals surface area contributed by atoms with Crippen LogP contribution in [0.15, 0.2) is 0 Å². The average molecular weight is 204 g/mol. The van der Waals surface area contributed by atoms with Gasteiger partial charge in [-0.15, -0.1) is 0 Å². The molecule has 0 aliphatic heterocycles. The molecule has 2 N–H and O–H groups in total. The highest BCUT2D eigenvalue weighted by atomic mass is 16.5. The molecule has 0 spiro atoms. The number of esters is 2. The normalized spacial score (nSPS) is 10.0. The molecular weight excluding hydrogens is 188 g/mol. The Bertz CT molecular complexity index is 178. The quantitative estimate of drug-likeness (QED) is 0.535. The number of ether oxygens (including phenoxy) is 2. The minimum atomic E-state index is -0.401. The number of carbonyl (C=O) groups excluding carboxylic acids is 2. The zero-order chi connectivity index (χ0) is 11.0. The summed E-state index contributed by atoms with van der Waals surface area (Å²) in [5.74, 6) is -0.801. The SMILES string of the molecule is COC(=O)CN(CCN)CC(=O)OC. The summed E-state index contributed by atoms with van der Waals surface area (Å²) < 4.78 is 8.94. The summed E-state index contributed by atoms with van der Waals surface area (Å²) in [5.41, 5.74) is 5.32. The van der Waals surface area contributed by atoms with Gasteiger partial charge in [-0.2, -0.15) is 0 Å². The second-order valence-corrected chi connectivity index (χ2v) is 2.65. The molecule has 0 aromatic heterocycles. The van der Waals surface area contributed by atoms with Crippen molar-refractivity contribution in [2.45, 2.75) is 0 Å². The Hall–Kier alpha value is -1.14. The van der Waals surface area contributed by atoms with Gasteiger partial charge in [-0.3, -0.25) is 14.5 Å². The van der Waals surface area contributed by atoms with Crippen LogP contribution in [-0.4, -0.2) is 57.2 Å². The van der Waals surface area contributed by atoms with Crippen molar-refractivity contribution in [2.24, 2.45) is 5.73 Å². The zero-order valence-electron chi connectivity index (χ0n) is 8.49. The van der Waals surface area contributed by atoms with Gasteiger partial charge in [0.1, 0.15) is 0 Å². The van der Waals surface area contributed by atoms with Crippen molar-refractivity contribution in [3.05, 3.63) is 0 Å². The predicted molar refractivity (Wildman–Crippen MR) is 49.5 cm³/mol. The van der Waals surface area contributed by atoms with Gasteiger partial charge in [0.25, 0.3) is 0 Å². The van der Waals surface area contributed by atoms with Crippen LogP contribution in [0, 0.1) is 0 Å². The van der Waals surface area contributed by atoms with E-state index in [4.69, 9.17) is 5.73 Å². The van der Waals surface area contributed by atoms with Crippen molar-refractivity contribution in [1.82, 2.24) is 4.90 Å². The molecule has 0 heterocycles. The van der Waals surface area contributed by atoms with E-state index in [1.54, 1.807) is 4.90 Å². The summed E-state index contributed by atoms with van der Waals surface area (Å²) in [6, 6.07) is 0. The number of rotatable bonds is 6. The molecule has 0 unspecified atom stereocenters. The largest absolute Gasteiger partial charge is 0.468 e. The van der Waals surface area contributed by atoms with E-state index in [0.29, 0.717) is 13.1 Å². The Morgan fingerprint density at radius 1 is 1.14 bits per heavy atom. The Balaban J connectivity index is 4.00. The van der Waals surface area contributed by atoms with Crippen LogP contribution in [0.4, 0.5) is 0 Å². The molecule has 0 aromatic carbocycles. The van der Waals surface area contributed by atoms with Crippen molar-refractivity contribution in [3.8, 4) is 0 Å². The van der Waals surface area contributed by atoms with E-state index in [1.165, 1.54) is 14.2 Å². The molecule has 82 valence electrons. The number of hydrogen-bond acceptors (Lipinski definition) is 6. The second kappa shape index (κ2) is 7.28. The van der Waals surface area contributed by atoms with E-state index in [9.17, 15) is 9.59 Å². The monoisotopic (exact) mass is 204 g/mol. The fourth-order valence-corrected chi connectivity index (χ4v) is 0.891. The van der Waals surface area contributed by atoms with Crippen LogP contribution in [0.3, 0.4) is 0 Å². The fraction of sp³-hybridized carbons (Fsp3) is 0.750. The summed E-state index contributed by atoms with van der Waals surface area (Å²) in [7, 11) is 2.59. The lowest BCUT2D eigenvalue weighted by atomic mass is 10.4. The number of hydrogen-bond donors (Lipinski definition) is 1. The maximum atomic E-state index is 10.9. The van der Waals surface area contributed by atoms with Gasteiger partial charge in [-0.25, -0.2) is 0 Å². The molecule has 0 aromatic rings. The molecule has 0 atom stereocenters. The van der Waals surface area contributed by atoms with Gasteiger partial charge < -0.3 is 15.2 Å². The van der Waals surface area contributed by atoms with Crippen LogP contribution >= 0.6 is 0 Å². The van der Waals surface area contributed by atoms with Crippen LogP contribution < -0.4 is 5.73 Å². The van der Waals surface area contributed by atoms with E-state index in [-0.39, 0.29) is 13.1 Å². The third-order valence-corrected chi connectivity index (χ3v) is 1.61. The fourth-order valence-electron chi connectivity index (χ4n) is 0.891. The molecule has 0 radical (unpaired) electrons. The minimum absolute atomic E-state index is 0.0444. The van der Waals surface area contributed by atoms with Crippen molar-refractivity contribution < 1.29 is 19.1 Å². The first-order valence-corrected chi connectivity index (χ1v) is 4.20. The third kappa shape index (κ3) is 5.50. The van der Waals surface area contributed by atoms with Gasteiger partial charge >= 0.3 is 11.9 Å². The highest BCUT2D eigenvalue weighted by Crippen LogP contribution is 1.90. The molecule has 0 saturated heterocycles. The molecule has 0 rings (SSSR count). The molecule has 0 amide bonds. The molecule has 6 nitrogen and oxygen atoms in total. The maximum Gasteiger partial charge on any atom is 0.319 e. The number of methoxy groups -OCH3 is 2. The lowest BCUT2D eigenvalue weighted by Gasteiger charge is -2.18. The highest BCUT2D eigenvalue weighted by molar-refractivity contribution is 5.74. The van der Waals surface area contributed by atoms with E-state index >= 15 is 0 Å². The van der Waals surface area contributed by atoms with Gasteiger partial charge in [0.15, 0.2) is 0 Å². The number of nitrogens with two attached hydrogens (primary N) is 1. The van der Waals surface area contributed by atoms with E-state index < -0.39 is 11.9 Å². The van der Waals surface area contributed by atoms with Gasteiger partial charge in [-0.05, 0) is 0 Å². The lowest BCUT2D eigenvalue weighted by molar-refractivity contribution is -0.145. The first-order valence-electron chi connectivity index (χ1n) is 4.20. The average Bonchev–Trinajstić information content (AvgIpc) is 2.17. The number of carbonyl (C=O) groups is 2. The van der Waals surface area contributed by atoms with Crippen molar-refractivity contribution >= 4 is 11.9 Å². The van der Waals surface area contributed by atoms with Crippen LogP contribution in [0.25, 0.3) is 0 Å². The van der Waals surface area contributed by atoms with Gasteiger partial charge in [0.05, 0.1) is 27.3 Å². The standard InChI is InChI=1S/C8H16N2O4/c1-13-7(11)5-10(4-3-9)6-8(12)14-2/h3-6,9H2,1-2H3. The maximum absolute atomic E-state index is 10.9. The van der Waals surface area contributed by atoms with Crippen molar-refractivity contribution in [3.63, 3.8) is 0 Å². The molecule has 14 heavy (non-hydrogen) atoms. The molecule has 0 fully saturated rings. The Labute approximate surface area is 82.9 Å². The summed E-state index contributed by atoms with van der Waals surface area (Å²) in [6.45, 7) is 0.907. The minimum Gasteiger partial charge on any atom is -0.468 e. The lowest BCUT2D eigenvalue weighted by Crippen LogP contribution is -2.38. The smallest absolute Gasteiger partial charge is 0.319 e. The van der Waals surface area contributed by atoms with Crippen molar-refractivity contribution in [1.29, 1.82) is 0 Å². The molecule has 0 aliphatic carbocycles. The van der Waals surface area contributed by atoms with Crippen LogP contribution in [0.5, 0.6) is 0 Å². The van der Waals surface area contributed by atoms with Crippen LogP contribution in [0.1, 0.15) is 0 Å². The summed E-state index contributed by atoms with van der Waals surface area (Å²) >= 11 is 0. The Morgan fingerprint density at radius 3 is 1.86 bits per heavy atom. The molecule has 6 heteroatoms. The topological polar surface area (TPSA) is 81.9 Å². The van der Waals surface area contributed by atoms with E-state index in [2.05, 4.69) is 9.47 Å². The summed E-state index contributed by atoms with van der Waals surface area (Å²) in [6.07, 6.45) is 0. The second-order valence-electron chi connectivity index (χ2n) is 2.65. The Morgan fingerprint density at radius 2 is 1.57 bits per heavy atom. The first-order chi connectivity index (χ1) is 6.63. The molecule has 0 aliphatic rings. The van der Waals surface area contributed by atoms with Crippen LogP contribution in [-0.2, 0) is 19.1 Å².